The molecule has 0 amide bonds. The van der Waals surface area contributed by atoms with Gasteiger partial charge in [-0.2, -0.15) is 0 Å². The number of methoxy groups -OCH3 is 1. The molecule has 70 valence electrons. The zero-order valence-corrected chi connectivity index (χ0v) is 8.63. The fraction of sp³-hybridized carbons (Fsp3) is 0.636. The lowest BCUT2D eigenvalue weighted by atomic mass is 10.1. The molecule has 0 N–H and O–H groups in total. The Bertz CT molecular complexity index is 154. The Morgan fingerprint density at radius 1 is 1.42 bits per heavy atom. The molecule has 0 heterocycles. The minimum absolute atomic E-state index is 0.706. The van der Waals surface area contributed by atoms with Gasteiger partial charge in [-0.25, -0.2) is 0 Å². The highest BCUT2D eigenvalue weighted by atomic mass is 16.5. The predicted molar refractivity (Wildman–Crippen MR) is 54.2 cm³/mol. The zero-order chi connectivity index (χ0) is 9.40. The van der Waals surface area contributed by atoms with Gasteiger partial charge in [0, 0.05) is 7.11 Å². The topological polar surface area (TPSA) is 9.23 Å². The van der Waals surface area contributed by atoms with Gasteiger partial charge in [0.05, 0.1) is 6.61 Å². The molecule has 0 aromatic carbocycles. The summed E-state index contributed by atoms with van der Waals surface area (Å²) in [5, 5.41) is 0. The average molecular weight is 168 g/mol. The van der Waals surface area contributed by atoms with Gasteiger partial charge in [0.15, 0.2) is 0 Å². The lowest BCUT2D eigenvalue weighted by molar-refractivity contribution is 0.233. The second-order valence-corrected chi connectivity index (χ2v) is 3.44. The first-order valence-electron chi connectivity index (χ1n) is 4.49. The maximum absolute atomic E-state index is 4.93. The summed E-state index contributed by atoms with van der Waals surface area (Å²) in [5.74, 6) is 0.747. The molecule has 0 saturated heterocycles. The molecule has 0 atom stereocenters. The van der Waals surface area contributed by atoms with Gasteiger partial charge < -0.3 is 4.74 Å². The molecule has 0 aliphatic rings. The van der Waals surface area contributed by atoms with E-state index in [2.05, 4.69) is 39.0 Å². The van der Waals surface area contributed by atoms with Crippen LogP contribution in [0.2, 0.25) is 0 Å². The van der Waals surface area contributed by atoms with E-state index in [-0.39, 0.29) is 0 Å². The summed E-state index contributed by atoms with van der Waals surface area (Å²) in [7, 11) is 1.71. The van der Waals surface area contributed by atoms with E-state index >= 15 is 0 Å². The highest BCUT2D eigenvalue weighted by molar-refractivity contribution is 5.15. The van der Waals surface area contributed by atoms with Gasteiger partial charge >= 0.3 is 0 Å². The van der Waals surface area contributed by atoms with Crippen LogP contribution in [0.1, 0.15) is 27.2 Å². The zero-order valence-electron chi connectivity index (χ0n) is 8.63. The Morgan fingerprint density at radius 2 is 2.08 bits per heavy atom. The molecule has 0 aliphatic carbocycles. The maximum atomic E-state index is 4.93. The van der Waals surface area contributed by atoms with Crippen LogP contribution in [0.3, 0.4) is 0 Å². The highest BCUT2D eigenvalue weighted by Crippen LogP contribution is 2.02. The van der Waals surface area contributed by atoms with E-state index in [0.717, 1.165) is 12.3 Å². The third-order valence-electron chi connectivity index (χ3n) is 1.56. The van der Waals surface area contributed by atoms with Crippen molar-refractivity contribution >= 4 is 0 Å². The van der Waals surface area contributed by atoms with E-state index in [1.165, 1.54) is 5.57 Å². The van der Waals surface area contributed by atoms with Crippen LogP contribution in [-0.2, 0) is 4.74 Å². The third-order valence-corrected chi connectivity index (χ3v) is 1.56. The number of allylic oxidation sites excluding steroid dienone is 3. The van der Waals surface area contributed by atoms with E-state index in [1.54, 1.807) is 7.11 Å². The molecule has 0 rings (SSSR count). The van der Waals surface area contributed by atoms with Crippen LogP contribution in [0.25, 0.3) is 0 Å². The van der Waals surface area contributed by atoms with Crippen LogP contribution in [-0.4, -0.2) is 13.7 Å². The van der Waals surface area contributed by atoms with Crippen LogP contribution in [0.5, 0.6) is 0 Å². The van der Waals surface area contributed by atoms with Crippen molar-refractivity contribution in [3.8, 4) is 0 Å². The normalized spacial score (nSPS) is 13.2. The second kappa shape index (κ2) is 7.11. The molecule has 0 aromatic rings. The van der Waals surface area contributed by atoms with Crippen molar-refractivity contribution in [2.45, 2.75) is 27.2 Å². The monoisotopic (exact) mass is 168 g/mol. The van der Waals surface area contributed by atoms with Gasteiger partial charge in [-0.05, 0) is 19.3 Å². The molecule has 0 bridgehead atoms. The van der Waals surface area contributed by atoms with E-state index in [1.807, 2.05) is 0 Å². The first kappa shape index (κ1) is 11.4. The van der Waals surface area contributed by atoms with Crippen LogP contribution in [0.4, 0.5) is 0 Å². The number of hydrogen-bond acceptors (Lipinski definition) is 1. The van der Waals surface area contributed by atoms with E-state index in [0.29, 0.717) is 6.61 Å². The summed E-state index contributed by atoms with van der Waals surface area (Å²) in [6.07, 6.45) is 7.60. The highest BCUT2D eigenvalue weighted by Gasteiger charge is 1.87. The van der Waals surface area contributed by atoms with Gasteiger partial charge in [-0.3, -0.25) is 0 Å². The Labute approximate surface area is 76.1 Å². The summed E-state index contributed by atoms with van der Waals surface area (Å²) in [5.41, 5.74) is 1.28. The predicted octanol–water partition coefficient (Wildman–Crippen LogP) is 3.18. The number of rotatable bonds is 5. The third kappa shape index (κ3) is 7.55. The quantitative estimate of drug-likeness (QED) is 0.573. The van der Waals surface area contributed by atoms with Crippen molar-refractivity contribution < 1.29 is 4.74 Å². The largest absolute Gasteiger partial charge is 0.381 e. The smallest absolute Gasteiger partial charge is 0.0649 e. The summed E-state index contributed by atoms with van der Waals surface area (Å²) in [4.78, 5) is 0. The molecule has 0 aliphatic heterocycles. The molecular weight excluding hydrogens is 148 g/mol. The molecule has 0 radical (unpaired) electrons. The number of ether oxygens (including phenoxy) is 1. The fourth-order valence-corrected chi connectivity index (χ4v) is 0.809. The molecule has 0 unspecified atom stereocenters. The molecule has 1 nitrogen and oxygen atoms in total. The SMILES string of the molecule is COC/C=C(C)\C=C/CC(C)C. The van der Waals surface area contributed by atoms with Crippen molar-refractivity contribution in [2.24, 2.45) is 5.92 Å². The minimum atomic E-state index is 0.706. The Kier molecular flexibility index (Phi) is 6.78. The van der Waals surface area contributed by atoms with Crippen molar-refractivity contribution in [2.75, 3.05) is 13.7 Å². The molecule has 0 spiro atoms. The van der Waals surface area contributed by atoms with Gasteiger partial charge in [0.25, 0.3) is 0 Å². The molecule has 0 aromatic heterocycles. The van der Waals surface area contributed by atoms with Crippen LogP contribution in [0.15, 0.2) is 23.8 Å². The Hall–Kier alpha value is -0.560. The maximum Gasteiger partial charge on any atom is 0.0649 e. The van der Waals surface area contributed by atoms with Gasteiger partial charge in [-0.1, -0.05) is 37.6 Å². The first-order valence-corrected chi connectivity index (χ1v) is 4.49. The Balaban J connectivity index is 3.66. The van der Waals surface area contributed by atoms with Crippen molar-refractivity contribution in [3.05, 3.63) is 23.8 Å². The minimum Gasteiger partial charge on any atom is -0.381 e. The second-order valence-electron chi connectivity index (χ2n) is 3.44. The lowest BCUT2D eigenvalue weighted by Crippen LogP contribution is -1.84. The van der Waals surface area contributed by atoms with Gasteiger partial charge in [0.1, 0.15) is 0 Å². The Morgan fingerprint density at radius 3 is 2.58 bits per heavy atom. The molecule has 1 heteroatoms. The van der Waals surface area contributed by atoms with Gasteiger partial charge in [0.2, 0.25) is 0 Å². The molecule has 12 heavy (non-hydrogen) atoms. The lowest BCUT2D eigenvalue weighted by Gasteiger charge is -1.97. The van der Waals surface area contributed by atoms with E-state index < -0.39 is 0 Å². The van der Waals surface area contributed by atoms with E-state index in [4.69, 9.17) is 4.74 Å². The van der Waals surface area contributed by atoms with Gasteiger partial charge in [-0.15, -0.1) is 0 Å². The van der Waals surface area contributed by atoms with Crippen molar-refractivity contribution in [3.63, 3.8) is 0 Å². The summed E-state index contributed by atoms with van der Waals surface area (Å²) < 4.78 is 4.93. The van der Waals surface area contributed by atoms with Crippen molar-refractivity contribution in [1.29, 1.82) is 0 Å². The van der Waals surface area contributed by atoms with Crippen LogP contribution >= 0.6 is 0 Å². The van der Waals surface area contributed by atoms with Crippen LogP contribution < -0.4 is 0 Å². The van der Waals surface area contributed by atoms with E-state index in [9.17, 15) is 0 Å². The number of hydrogen-bond donors (Lipinski definition) is 0. The van der Waals surface area contributed by atoms with Crippen molar-refractivity contribution in [1.82, 2.24) is 0 Å². The average Bonchev–Trinajstić information content (AvgIpc) is 2.00. The summed E-state index contributed by atoms with van der Waals surface area (Å²) in [6, 6.07) is 0. The van der Waals surface area contributed by atoms with Crippen LogP contribution in [0, 0.1) is 5.92 Å². The molecular formula is C11H20O. The summed E-state index contributed by atoms with van der Waals surface area (Å²) in [6.45, 7) is 7.24. The summed E-state index contributed by atoms with van der Waals surface area (Å²) >= 11 is 0. The molecule has 0 saturated carbocycles. The molecule has 0 fully saturated rings. The fourth-order valence-electron chi connectivity index (χ4n) is 0.809. The standard InChI is InChI=1S/C11H20O/c1-10(2)6-5-7-11(3)8-9-12-4/h5,7-8,10H,6,9H2,1-4H3/b7-5-,11-8-. The first-order chi connectivity index (χ1) is 5.66.